The molecule has 0 aromatic heterocycles. The van der Waals surface area contributed by atoms with Crippen LogP contribution in [-0.2, 0) is 22.6 Å². The van der Waals surface area contributed by atoms with Crippen molar-refractivity contribution in [2.24, 2.45) is 0 Å². The molecule has 0 heterocycles. The molecule has 0 radical (unpaired) electrons. The van der Waals surface area contributed by atoms with Crippen LogP contribution in [0.3, 0.4) is 0 Å². The Balaban J connectivity index is 2.39. The maximum absolute atomic E-state index is 14.4. The summed E-state index contributed by atoms with van der Waals surface area (Å²) in [5.41, 5.74) is 0.763. The highest BCUT2D eigenvalue weighted by Gasteiger charge is 2.33. The Morgan fingerprint density at radius 3 is 2.38 bits per heavy atom. The van der Waals surface area contributed by atoms with Gasteiger partial charge in [-0.1, -0.05) is 35.9 Å². The van der Waals surface area contributed by atoms with Crippen molar-refractivity contribution in [1.29, 1.82) is 0 Å². The first-order valence-corrected chi connectivity index (χ1v) is 9.03. The third-order valence-electron chi connectivity index (χ3n) is 4.45. The number of halogens is 2. The Morgan fingerprint density at radius 1 is 1.17 bits per heavy atom. The fourth-order valence-electron chi connectivity index (χ4n) is 2.78. The van der Waals surface area contributed by atoms with Crippen LogP contribution < -0.4 is 4.74 Å². The largest absolute Gasteiger partial charge is 0.497 e. The molecule has 9 heteroatoms. The fraction of sp³-hybridized carbons (Fsp3) is 0.300. The van der Waals surface area contributed by atoms with Gasteiger partial charge in [0.05, 0.1) is 19.2 Å². The lowest BCUT2D eigenvalue weighted by Crippen LogP contribution is -2.50. The number of ether oxygens (including phenoxy) is 1. The van der Waals surface area contributed by atoms with Crippen LogP contribution >= 0.6 is 11.6 Å². The van der Waals surface area contributed by atoms with Crippen LogP contribution in [0.1, 0.15) is 11.1 Å². The molecule has 1 N–H and O–H groups in total. The second-order valence-electron chi connectivity index (χ2n) is 6.21. The average Bonchev–Trinajstić information content (AvgIpc) is 2.72. The van der Waals surface area contributed by atoms with Crippen molar-refractivity contribution >= 4 is 23.6 Å². The van der Waals surface area contributed by atoms with Crippen molar-refractivity contribution in [3.05, 3.63) is 64.4 Å². The molecule has 7 nitrogen and oxygen atoms in total. The molecule has 0 spiro atoms. The van der Waals surface area contributed by atoms with Crippen molar-refractivity contribution in [1.82, 2.24) is 9.96 Å². The molecule has 2 aromatic rings. The zero-order valence-corrected chi connectivity index (χ0v) is 17.0. The minimum absolute atomic E-state index is 0.0878. The zero-order valence-electron chi connectivity index (χ0n) is 16.3. The van der Waals surface area contributed by atoms with Gasteiger partial charge in [0.15, 0.2) is 0 Å². The smallest absolute Gasteiger partial charge is 0.408 e. The molecular formula is C20H22ClFN2O5. The molecule has 0 bridgehead atoms. The molecular weight excluding hydrogens is 403 g/mol. The van der Waals surface area contributed by atoms with Gasteiger partial charge in [0.1, 0.15) is 17.6 Å². The van der Waals surface area contributed by atoms with Crippen LogP contribution in [-0.4, -0.2) is 54.4 Å². The average molecular weight is 425 g/mol. The maximum atomic E-state index is 14.4. The molecule has 2 aromatic carbocycles. The van der Waals surface area contributed by atoms with E-state index in [1.807, 2.05) is 0 Å². The summed E-state index contributed by atoms with van der Waals surface area (Å²) in [6.07, 6.45) is -1.53. The Morgan fingerprint density at radius 2 is 1.83 bits per heavy atom. The number of hydrogen-bond acceptors (Lipinski definition) is 4. The summed E-state index contributed by atoms with van der Waals surface area (Å²) in [7, 11) is 4.16. The van der Waals surface area contributed by atoms with Gasteiger partial charge in [0.2, 0.25) is 0 Å². The lowest BCUT2D eigenvalue weighted by molar-refractivity contribution is -0.174. The highest BCUT2D eigenvalue weighted by molar-refractivity contribution is 6.30. The Kier molecular flexibility index (Phi) is 7.81. The van der Waals surface area contributed by atoms with E-state index in [1.165, 1.54) is 39.5 Å². The van der Waals surface area contributed by atoms with Gasteiger partial charge < -0.3 is 9.84 Å². The van der Waals surface area contributed by atoms with E-state index < -0.39 is 23.9 Å². The van der Waals surface area contributed by atoms with Crippen molar-refractivity contribution in [2.75, 3.05) is 21.3 Å². The predicted molar refractivity (Wildman–Crippen MR) is 105 cm³/mol. The van der Waals surface area contributed by atoms with Crippen molar-refractivity contribution < 1.29 is 28.7 Å². The first kappa shape index (κ1) is 22.4. The van der Waals surface area contributed by atoms with Gasteiger partial charge in [0.25, 0.3) is 5.91 Å². The molecule has 0 saturated heterocycles. The number of hydroxylamine groups is 2. The zero-order chi connectivity index (χ0) is 21.6. The number of rotatable bonds is 8. The first-order valence-electron chi connectivity index (χ1n) is 8.65. The minimum Gasteiger partial charge on any atom is -0.497 e. The number of hydrogen-bond donors (Lipinski definition) is 1. The third kappa shape index (κ3) is 5.58. The molecule has 1 unspecified atom stereocenters. The van der Waals surface area contributed by atoms with E-state index in [0.29, 0.717) is 11.3 Å². The standard InChI is InChI=1S/C20H22ClFN2O5/c1-23(29-3)19(25)17(11-14-5-4-6-16(21)18(14)22)24(20(26)27)12-13-7-9-15(28-2)10-8-13/h4-10,17H,11-12H2,1-3H3,(H,26,27). The van der Waals surface area contributed by atoms with Crippen LogP contribution in [0.5, 0.6) is 5.75 Å². The van der Waals surface area contributed by atoms with Gasteiger partial charge in [-0.3, -0.25) is 14.5 Å². The van der Waals surface area contributed by atoms with Gasteiger partial charge in [-0.05, 0) is 29.3 Å². The quantitative estimate of drug-likeness (QED) is 0.655. The predicted octanol–water partition coefficient (Wildman–Crippen LogP) is 3.60. The lowest BCUT2D eigenvalue weighted by atomic mass is 10.0. The highest BCUT2D eigenvalue weighted by Crippen LogP contribution is 2.23. The summed E-state index contributed by atoms with van der Waals surface area (Å²) in [4.78, 5) is 30.7. The summed E-state index contributed by atoms with van der Waals surface area (Å²) in [6, 6.07) is 9.90. The number of likely N-dealkylation sites (N-methyl/N-ethyl adjacent to an activating group) is 1. The number of benzene rings is 2. The van der Waals surface area contributed by atoms with Gasteiger partial charge in [-0.25, -0.2) is 14.2 Å². The number of methoxy groups -OCH3 is 1. The second kappa shape index (κ2) is 10.1. The van der Waals surface area contributed by atoms with E-state index in [1.54, 1.807) is 24.3 Å². The SMILES string of the molecule is COc1ccc(CN(C(=O)O)C(Cc2cccc(Cl)c2F)C(=O)N(C)OC)cc1. The van der Waals surface area contributed by atoms with Crippen molar-refractivity contribution in [3.63, 3.8) is 0 Å². The van der Waals surface area contributed by atoms with E-state index in [2.05, 4.69) is 0 Å². The number of amides is 2. The van der Waals surface area contributed by atoms with E-state index in [9.17, 15) is 19.1 Å². The third-order valence-corrected chi connectivity index (χ3v) is 4.74. The van der Waals surface area contributed by atoms with Crippen LogP contribution in [0.25, 0.3) is 0 Å². The normalized spacial score (nSPS) is 11.6. The number of carbonyl (C=O) groups excluding carboxylic acids is 1. The van der Waals surface area contributed by atoms with Crippen LogP contribution in [0.15, 0.2) is 42.5 Å². The maximum Gasteiger partial charge on any atom is 0.408 e. The second-order valence-corrected chi connectivity index (χ2v) is 6.62. The minimum atomic E-state index is -1.33. The molecule has 1 atom stereocenters. The molecule has 2 rings (SSSR count). The molecule has 0 saturated carbocycles. The van der Waals surface area contributed by atoms with E-state index in [0.717, 1.165) is 9.96 Å². The van der Waals surface area contributed by atoms with Crippen LogP contribution in [0.4, 0.5) is 9.18 Å². The van der Waals surface area contributed by atoms with Gasteiger partial charge in [-0.2, -0.15) is 0 Å². The molecule has 0 aliphatic rings. The monoisotopic (exact) mass is 424 g/mol. The van der Waals surface area contributed by atoms with E-state index in [-0.39, 0.29) is 23.6 Å². The molecule has 2 amide bonds. The molecule has 0 fully saturated rings. The van der Waals surface area contributed by atoms with E-state index >= 15 is 0 Å². The summed E-state index contributed by atoms with van der Waals surface area (Å²) in [5, 5.41) is 10.6. The van der Waals surface area contributed by atoms with E-state index in [4.69, 9.17) is 21.2 Å². The van der Waals surface area contributed by atoms with Gasteiger partial charge >= 0.3 is 6.09 Å². The first-order chi connectivity index (χ1) is 13.8. The highest BCUT2D eigenvalue weighted by atomic mass is 35.5. The van der Waals surface area contributed by atoms with Crippen molar-refractivity contribution in [3.8, 4) is 5.75 Å². The molecule has 156 valence electrons. The number of carbonyl (C=O) groups is 2. The Labute approximate surface area is 173 Å². The summed E-state index contributed by atoms with van der Waals surface area (Å²) < 4.78 is 19.5. The number of nitrogens with zero attached hydrogens (tertiary/aromatic N) is 2. The summed E-state index contributed by atoms with van der Waals surface area (Å²) in [6.45, 7) is -0.0878. The van der Waals surface area contributed by atoms with Crippen LogP contribution in [0, 0.1) is 5.82 Å². The number of carboxylic acid groups (broad SMARTS) is 1. The molecule has 0 aliphatic carbocycles. The molecule has 0 aliphatic heterocycles. The summed E-state index contributed by atoms with van der Waals surface area (Å²) in [5.74, 6) is -0.715. The Hall–Kier alpha value is -2.84. The molecule has 29 heavy (non-hydrogen) atoms. The van der Waals surface area contributed by atoms with Crippen molar-refractivity contribution in [2.45, 2.75) is 19.0 Å². The van der Waals surface area contributed by atoms with Gasteiger partial charge in [0, 0.05) is 20.0 Å². The topological polar surface area (TPSA) is 79.3 Å². The Bertz CT molecular complexity index is 862. The lowest BCUT2D eigenvalue weighted by Gasteiger charge is -2.31. The summed E-state index contributed by atoms with van der Waals surface area (Å²) >= 11 is 5.83. The van der Waals surface area contributed by atoms with Crippen LogP contribution in [0.2, 0.25) is 5.02 Å². The fourth-order valence-corrected chi connectivity index (χ4v) is 2.98. The van der Waals surface area contributed by atoms with Gasteiger partial charge in [-0.15, -0.1) is 0 Å².